The lowest BCUT2D eigenvalue weighted by molar-refractivity contribution is -0.141. The molecule has 0 saturated heterocycles. The molecule has 2 aliphatic rings. The molecule has 0 bridgehead atoms. The lowest BCUT2D eigenvalue weighted by atomic mass is 9.98. The van der Waals surface area contributed by atoms with Crippen LogP contribution in [0.15, 0.2) is 48.5 Å². The zero-order valence-electron chi connectivity index (χ0n) is 19.5. The molecule has 7 heteroatoms. The van der Waals surface area contributed by atoms with Gasteiger partial charge in [0.15, 0.2) is 0 Å². The third-order valence-electron chi connectivity index (χ3n) is 7.14. The predicted octanol–water partition coefficient (Wildman–Crippen LogP) is 4.31. The van der Waals surface area contributed by atoms with E-state index in [1.54, 1.807) is 6.92 Å². The Balaban J connectivity index is 1.29. The Labute approximate surface area is 199 Å². The van der Waals surface area contributed by atoms with Crippen LogP contribution in [0.1, 0.15) is 56.1 Å². The number of carbonyl (C=O) groups excluding carboxylic acids is 2. The largest absolute Gasteiger partial charge is 0.481 e. The second-order valence-corrected chi connectivity index (χ2v) is 9.22. The Morgan fingerprint density at radius 2 is 1.68 bits per heavy atom. The average molecular weight is 465 g/mol. The van der Waals surface area contributed by atoms with Crippen LogP contribution in [0.5, 0.6) is 0 Å². The van der Waals surface area contributed by atoms with Crippen LogP contribution >= 0.6 is 0 Å². The molecule has 1 unspecified atom stereocenters. The van der Waals surface area contributed by atoms with Crippen molar-refractivity contribution in [3.8, 4) is 11.1 Å². The molecule has 180 valence electrons. The maximum atomic E-state index is 12.6. The number of fused-ring (bicyclic) bond motifs is 3. The first-order valence-corrected chi connectivity index (χ1v) is 12.1. The normalized spacial score (nSPS) is 19.7. The van der Waals surface area contributed by atoms with Crippen molar-refractivity contribution in [3.63, 3.8) is 0 Å². The summed E-state index contributed by atoms with van der Waals surface area (Å²) >= 11 is 0. The first kappa shape index (κ1) is 23.8. The third kappa shape index (κ3) is 5.24. The first-order valence-electron chi connectivity index (χ1n) is 12.1. The summed E-state index contributed by atoms with van der Waals surface area (Å²) < 4.78 is 5.66. The molecule has 1 fully saturated rings. The maximum Gasteiger partial charge on any atom is 0.407 e. The SMILES string of the molecule is CCC(CNC(=O)C[C@@H]1CCC[C@H]1NC(=O)OCC1c2ccccc2-c2ccccc21)C(=O)O. The fraction of sp³-hybridized carbons (Fsp3) is 0.444. The van der Waals surface area contributed by atoms with Crippen molar-refractivity contribution in [2.75, 3.05) is 13.2 Å². The molecule has 1 saturated carbocycles. The number of carbonyl (C=O) groups is 3. The van der Waals surface area contributed by atoms with Crippen molar-refractivity contribution >= 4 is 18.0 Å². The van der Waals surface area contributed by atoms with Crippen molar-refractivity contribution in [2.45, 2.75) is 51.0 Å². The van der Waals surface area contributed by atoms with E-state index >= 15 is 0 Å². The van der Waals surface area contributed by atoms with Gasteiger partial charge in [-0.25, -0.2) is 4.79 Å². The molecule has 3 atom stereocenters. The molecule has 0 radical (unpaired) electrons. The van der Waals surface area contributed by atoms with E-state index in [2.05, 4.69) is 34.9 Å². The van der Waals surface area contributed by atoms with Crippen LogP contribution < -0.4 is 10.6 Å². The highest BCUT2D eigenvalue weighted by Gasteiger charge is 2.32. The number of ether oxygens (including phenoxy) is 1. The minimum Gasteiger partial charge on any atom is -0.481 e. The zero-order chi connectivity index (χ0) is 24.1. The number of hydrogen-bond donors (Lipinski definition) is 3. The van der Waals surface area contributed by atoms with Crippen LogP contribution in [0.3, 0.4) is 0 Å². The fourth-order valence-corrected chi connectivity index (χ4v) is 5.22. The Kier molecular flexibility index (Phi) is 7.50. The molecule has 7 nitrogen and oxygen atoms in total. The molecule has 2 aromatic carbocycles. The van der Waals surface area contributed by atoms with Gasteiger partial charge in [0.25, 0.3) is 0 Å². The van der Waals surface area contributed by atoms with Gasteiger partial charge in [-0.2, -0.15) is 0 Å². The number of rotatable bonds is 9. The van der Waals surface area contributed by atoms with Gasteiger partial charge in [0.1, 0.15) is 6.61 Å². The molecule has 0 spiro atoms. The Hall–Kier alpha value is -3.35. The third-order valence-corrected chi connectivity index (χ3v) is 7.14. The minimum atomic E-state index is -0.904. The molecule has 2 aliphatic carbocycles. The molecule has 2 amide bonds. The molecule has 0 heterocycles. The van der Waals surface area contributed by atoms with Gasteiger partial charge in [0.2, 0.25) is 5.91 Å². The second kappa shape index (κ2) is 10.7. The topological polar surface area (TPSA) is 105 Å². The molecule has 0 aromatic heterocycles. The van der Waals surface area contributed by atoms with Crippen molar-refractivity contribution in [2.24, 2.45) is 11.8 Å². The predicted molar refractivity (Wildman–Crippen MR) is 128 cm³/mol. The number of nitrogens with one attached hydrogen (secondary N) is 2. The minimum absolute atomic E-state index is 0.00375. The summed E-state index contributed by atoms with van der Waals surface area (Å²) in [5, 5.41) is 14.8. The molecule has 4 rings (SSSR count). The van der Waals surface area contributed by atoms with Crippen LogP contribution in [0.2, 0.25) is 0 Å². The summed E-state index contributed by atoms with van der Waals surface area (Å²) in [5.74, 6) is -1.64. The van der Waals surface area contributed by atoms with E-state index < -0.39 is 18.0 Å². The van der Waals surface area contributed by atoms with Gasteiger partial charge in [-0.05, 0) is 47.4 Å². The van der Waals surface area contributed by atoms with Crippen LogP contribution in [-0.2, 0) is 14.3 Å². The van der Waals surface area contributed by atoms with Crippen molar-refractivity contribution in [3.05, 3.63) is 59.7 Å². The zero-order valence-corrected chi connectivity index (χ0v) is 19.5. The number of carboxylic acid groups (broad SMARTS) is 1. The van der Waals surface area contributed by atoms with Crippen LogP contribution in [-0.4, -0.2) is 42.3 Å². The Morgan fingerprint density at radius 3 is 2.29 bits per heavy atom. The van der Waals surface area contributed by atoms with Crippen LogP contribution in [0.4, 0.5) is 4.79 Å². The highest BCUT2D eigenvalue weighted by atomic mass is 16.5. The maximum absolute atomic E-state index is 12.6. The number of hydrogen-bond acceptors (Lipinski definition) is 4. The lowest BCUT2D eigenvalue weighted by Crippen LogP contribution is -2.40. The van der Waals surface area contributed by atoms with Crippen molar-refractivity contribution in [1.82, 2.24) is 10.6 Å². The van der Waals surface area contributed by atoms with Gasteiger partial charge >= 0.3 is 12.1 Å². The van der Waals surface area contributed by atoms with Gasteiger partial charge < -0.3 is 20.5 Å². The second-order valence-electron chi connectivity index (χ2n) is 9.22. The summed E-state index contributed by atoms with van der Waals surface area (Å²) in [5.41, 5.74) is 4.70. The molecular formula is C27H32N2O5. The van der Waals surface area contributed by atoms with E-state index in [1.165, 1.54) is 22.3 Å². The van der Waals surface area contributed by atoms with E-state index in [4.69, 9.17) is 9.84 Å². The van der Waals surface area contributed by atoms with Gasteiger partial charge in [-0.15, -0.1) is 0 Å². The van der Waals surface area contributed by atoms with E-state index in [-0.39, 0.29) is 43.4 Å². The smallest absolute Gasteiger partial charge is 0.407 e. The quantitative estimate of drug-likeness (QED) is 0.513. The van der Waals surface area contributed by atoms with E-state index in [0.29, 0.717) is 6.42 Å². The summed E-state index contributed by atoms with van der Waals surface area (Å²) in [6, 6.07) is 16.3. The number of amides is 2. The fourth-order valence-electron chi connectivity index (χ4n) is 5.22. The van der Waals surface area contributed by atoms with Crippen molar-refractivity contribution in [1.29, 1.82) is 0 Å². The standard InChI is InChI=1S/C27H32N2O5/c1-2-17(26(31)32)15-28-25(30)14-18-8-7-13-24(18)29-27(33)34-16-23-21-11-5-3-9-19(21)20-10-4-6-12-22(20)23/h3-6,9-12,17-18,23-24H,2,7-8,13-16H2,1H3,(H,28,30)(H,29,33)(H,31,32)/t17?,18-,24+/m0/s1. The Morgan fingerprint density at radius 1 is 1.03 bits per heavy atom. The first-order chi connectivity index (χ1) is 16.5. The van der Waals surface area contributed by atoms with E-state index in [9.17, 15) is 14.4 Å². The molecular weight excluding hydrogens is 432 g/mol. The summed E-state index contributed by atoms with van der Waals surface area (Å²) in [4.78, 5) is 36.1. The molecule has 0 aliphatic heterocycles. The summed E-state index contributed by atoms with van der Waals surface area (Å²) in [6.07, 6.45) is 2.84. The van der Waals surface area contributed by atoms with Crippen LogP contribution in [0.25, 0.3) is 11.1 Å². The van der Waals surface area contributed by atoms with Gasteiger partial charge in [-0.1, -0.05) is 61.9 Å². The number of alkyl carbamates (subject to hydrolysis) is 1. The van der Waals surface area contributed by atoms with Crippen molar-refractivity contribution < 1.29 is 24.2 Å². The molecule has 34 heavy (non-hydrogen) atoms. The lowest BCUT2D eigenvalue weighted by Gasteiger charge is -2.22. The highest BCUT2D eigenvalue weighted by Crippen LogP contribution is 2.44. The number of carboxylic acids is 1. The summed E-state index contributed by atoms with van der Waals surface area (Å²) in [7, 11) is 0. The molecule has 2 aromatic rings. The number of aliphatic carboxylic acids is 1. The van der Waals surface area contributed by atoms with Crippen LogP contribution in [0, 0.1) is 11.8 Å². The molecule has 3 N–H and O–H groups in total. The van der Waals surface area contributed by atoms with E-state index in [1.807, 2.05) is 24.3 Å². The monoisotopic (exact) mass is 464 g/mol. The van der Waals surface area contributed by atoms with Gasteiger partial charge in [0, 0.05) is 24.9 Å². The average Bonchev–Trinajstić information content (AvgIpc) is 3.39. The van der Waals surface area contributed by atoms with Gasteiger partial charge in [0.05, 0.1) is 5.92 Å². The van der Waals surface area contributed by atoms with Gasteiger partial charge in [-0.3, -0.25) is 9.59 Å². The summed E-state index contributed by atoms with van der Waals surface area (Å²) in [6.45, 7) is 2.17. The van der Waals surface area contributed by atoms with E-state index in [0.717, 1.165) is 19.3 Å². The number of benzene rings is 2. The highest BCUT2D eigenvalue weighted by molar-refractivity contribution is 5.79. The Bertz CT molecular complexity index is 1010.